The molecule has 1 heterocycles. The number of aromatic hydroxyl groups is 1. The largest absolute Gasteiger partial charge is 0.507 e. The third-order valence-electron chi connectivity index (χ3n) is 4.10. The number of fused-ring (bicyclic) bond motifs is 1. The van der Waals surface area contributed by atoms with Crippen LogP contribution in [0.3, 0.4) is 0 Å². The Labute approximate surface area is 135 Å². The summed E-state index contributed by atoms with van der Waals surface area (Å²) in [5.41, 5.74) is 3.16. The van der Waals surface area contributed by atoms with Crippen molar-refractivity contribution >= 4 is 5.97 Å². The first-order chi connectivity index (χ1) is 10.9. The van der Waals surface area contributed by atoms with E-state index in [1.54, 1.807) is 0 Å². The van der Waals surface area contributed by atoms with Crippen LogP contribution in [0, 0.1) is 6.92 Å². The molecule has 23 heavy (non-hydrogen) atoms. The summed E-state index contributed by atoms with van der Waals surface area (Å²) >= 11 is 0. The van der Waals surface area contributed by atoms with Gasteiger partial charge in [0.1, 0.15) is 23.7 Å². The number of cyclic esters (lactones) is 1. The summed E-state index contributed by atoms with van der Waals surface area (Å²) in [6.07, 6.45) is 1.71. The number of carbonyl (C=O) groups excluding carboxylic acids is 1. The number of hydrogen-bond donors (Lipinski definition) is 3. The maximum Gasteiger partial charge on any atom is 0.342 e. The highest BCUT2D eigenvalue weighted by atomic mass is 16.5. The molecule has 1 aromatic carbocycles. The lowest BCUT2D eigenvalue weighted by Gasteiger charge is -2.15. The monoisotopic (exact) mass is 322 g/mol. The van der Waals surface area contributed by atoms with E-state index < -0.39 is 12.3 Å². The van der Waals surface area contributed by atoms with E-state index in [1.807, 2.05) is 19.9 Å². The van der Waals surface area contributed by atoms with Crippen LogP contribution in [0.25, 0.3) is 0 Å². The zero-order valence-electron chi connectivity index (χ0n) is 13.5. The predicted molar refractivity (Wildman–Crippen MR) is 83.4 cm³/mol. The van der Waals surface area contributed by atoms with Gasteiger partial charge in [-0.3, -0.25) is 0 Å². The van der Waals surface area contributed by atoms with Crippen LogP contribution in [0.15, 0.2) is 11.6 Å². The first-order valence-corrected chi connectivity index (χ1v) is 7.47. The van der Waals surface area contributed by atoms with Crippen molar-refractivity contribution in [2.45, 2.75) is 46.0 Å². The number of rotatable bonds is 6. The molecular formula is C17H22O6. The van der Waals surface area contributed by atoms with Gasteiger partial charge in [0.05, 0.1) is 7.11 Å². The summed E-state index contributed by atoms with van der Waals surface area (Å²) in [5.74, 6) is -0.0735. The predicted octanol–water partition coefficient (Wildman–Crippen LogP) is 1.96. The Morgan fingerprint density at radius 2 is 2.13 bits per heavy atom. The number of hydrogen-bond acceptors (Lipinski definition) is 6. The van der Waals surface area contributed by atoms with Gasteiger partial charge < -0.3 is 24.8 Å². The van der Waals surface area contributed by atoms with Gasteiger partial charge in [0.25, 0.3) is 0 Å². The Hall–Kier alpha value is -2.05. The molecule has 0 fully saturated rings. The Bertz CT molecular complexity index is 645. The van der Waals surface area contributed by atoms with Gasteiger partial charge in [-0.25, -0.2) is 4.79 Å². The molecule has 1 aliphatic rings. The van der Waals surface area contributed by atoms with Crippen LogP contribution < -0.4 is 4.74 Å². The van der Waals surface area contributed by atoms with Gasteiger partial charge in [-0.2, -0.15) is 0 Å². The maximum absolute atomic E-state index is 11.8. The van der Waals surface area contributed by atoms with Crippen LogP contribution >= 0.6 is 0 Å². The molecule has 126 valence electrons. The van der Waals surface area contributed by atoms with E-state index in [9.17, 15) is 9.90 Å². The number of aliphatic hydroxyl groups is 2. The highest BCUT2D eigenvalue weighted by molar-refractivity contribution is 5.98. The molecule has 3 N–H and O–H groups in total. The molecular weight excluding hydrogens is 300 g/mol. The lowest BCUT2D eigenvalue weighted by Crippen LogP contribution is -2.04. The van der Waals surface area contributed by atoms with Crippen molar-refractivity contribution in [2.75, 3.05) is 7.11 Å². The van der Waals surface area contributed by atoms with Crippen molar-refractivity contribution in [3.05, 3.63) is 33.9 Å². The minimum absolute atomic E-state index is 0.101. The first kappa shape index (κ1) is 17.3. The second-order valence-corrected chi connectivity index (χ2v) is 5.69. The standard InChI is InChI=1S/C17H22O6/c1-9(5-7-13(18)19)4-6-11-15(20)14-12(8-23-17(14)21)10(2)16(11)22-3/h4,13,18-20H,5-8H2,1-3H3/b9-4+. The van der Waals surface area contributed by atoms with Crippen molar-refractivity contribution in [3.63, 3.8) is 0 Å². The third kappa shape index (κ3) is 3.48. The van der Waals surface area contributed by atoms with Gasteiger partial charge in [0, 0.05) is 17.5 Å². The van der Waals surface area contributed by atoms with Gasteiger partial charge >= 0.3 is 5.97 Å². The van der Waals surface area contributed by atoms with Crippen molar-refractivity contribution in [1.82, 2.24) is 0 Å². The second-order valence-electron chi connectivity index (χ2n) is 5.69. The Balaban J connectivity index is 2.35. The molecule has 1 aliphatic heterocycles. The van der Waals surface area contributed by atoms with E-state index in [2.05, 4.69) is 0 Å². The molecule has 1 aromatic rings. The Kier molecular flexibility index (Phi) is 5.28. The van der Waals surface area contributed by atoms with Gasteiger partial charge in [-0.05, 0) is 32.3 Å². The number of carbonyl (C=O) groups is 1. The van der Waals surface area contributed by atoms with Gasteiger partial charge in [-0.15, -0.1) is 0 Å². The number of methoxy groups -OCH3 is 1. The van der Waals surface area contributed by atoms with Crippen LogP contribution in [0.1, 0.15) is 46.8 Å². The van der Waals surface area contributed by atoms with Gasteiger partial charge in [-0.1, -0.05) is 11.6 Å². The average Bonchev–Trinajstić information content (AvgIpc) is 2.89. The molecule has 0 aromatic heterocycles. The topological polar surface area (TPSA) is 96.2 Å². The first-order valence-electron chi connectivity index (χ1n) is 7.47. The van der Waals surface area contributed by atoms with E-state index in [4.69, 9.17) is 19.7 Å². The van der Waals surface area contributed by atoms with Crippen LogP contribution in [-0.4, -0.2) is 34.7 Å². The normalized spacial score (nSPS) is 14.2. The third-order valence-corrected chi connectivity index (χ3v) is 4.10. The van der Waals surface area contributed by atoms with Gasteiger partial charge in [0.15, 0.2) is 6.29 Å². The van der Waals surface area contributed by atoms with E-state index in [0.717, 1.165) is 11.1 Å². The number of esters is 1. The fraction of sp³-hybridized carbons (Fsp3) is 0.471. The van der Waals surface area contributed by atoms with E-state index in [-0.39, 0.29) is 24.3 Å². The lowest BCUT2D eigenvalue weighted by molar-refractivity contribution is -0.0446. The second kappa shape index (κ2) is 7.02. The van der Waals surface area contributed by atoms with Crippen molar-refractivity contribution in [3.8, 4) is 11.5 Å². The molecule has 0 amide bonds. The SMILES string of the molecule is COc1c(C)c2c(c(O)c1C/C=C(\C)CCC(O)O)C(=O)OC2. The van der Waals surface area contributed by atoms with Crippen molar-refractivity contribution < 1.29 is 29.6 Å². The molecule has 0 unspecified atom stereocenters. The number of ether oxygens (including phenoxy) is 2. The van der Waals surface area contributed by atoms with Crippen LogP contribution in [0.5, 0.6) is 11.5 Å². The number of phenols is 1. The number of phenolic OH excluding ortho intramolecular Hbond substituents is 1. The molecule has 0 saturated carbocycles. The van der Waals surface area contributed by atoms with Crippen LogP contribution in [0.2, 0.25) is 0 Å². The molecule has 0 saturated heterocycles. The summed E-state index contributed by atoms with van der Waals surface area (Å²) < 4.78 is 10.4. The highest BCUT2D eigenvalue weighted by Gasteiger charge is 2.31. The quantitative estimate of drug-likeness (QED) is 0.421. The Morgan fingerprint density at radius 3 is 2.74 bits per heavy atom. The van der Waals surface area contributed by atoms with Crippen LogP contribution in [-0.2, 0) is 17.8 Å². The summed E-state index contributed by atoms with van der Waals surface area (Å²) in [6.45, 7) is 3.86. The Morgan fingerprint density at radius 1 is 1.43 bits per heavy atom. The zero-order valence-corrected chi connectivity index (χ0v) is 13.5. The van der Waals surface area contributed by atoms with Gasteiger partial charge in [0.2, 0.25) is 0 Å². The fourth-order valence-electron chi connectivity index (χ4n) is 2.76. The van der Waals surface area contributed by atoms with Crippen LogP contribution in [0.4, 0.5) is 0 Å². The van der Waals surface area contributed by atoms with E-state index >= 15 is 0 Å². The van der Waals surface area contributed by atoms with Crippen molar-refractivity contribution in [1.29, 1.82) is 0 Å². The van der Waals surface area contributed by atoms with E-state index in [0.29, 0.717) is 29.7 Å². The number of benzene rings is 1. The minimum atomic E-state index is -1.33. The summed E-state index contributed by atoms with van der Waals surface area (Å²) in [4.78, 5) is 11.8. The highest BCUT2D eigenvalue weighted by Crippen LogP contribution is 2.42. The molecule has 0 spiro atoms. The average molecular weight is 322 g/mol. The molecule has 0 radical (unpaired) electrons. The molecule has 0 bridgehead atoms. The lowest BCUT2D eigenvalue weighted by atomic mass is 9.94. The summed E-state index contributed by atoms with van der Waals surface area (Å²) in [7, 11) is 1.52. The molecule has 2 rings (SSSR count). The molecule has 6 nitrogen and oxygen atoms in total. The fourth-order valence-corrected chi connectivity index (χ4v) is 2.76. The summed E-state index contributed by atoms with van der Waals surface area (Å²) in [5, 5.41) is 28.3. The van der Waals surface area contributed by atoms with E-state index in [1.165, 1.54) is 7.11 Å². The summed E-state index contributed by atoms with van der Waals surface area (Å²) in [6, 6.07) is 0. The zero-order chi connectivity index (χ0) is 17.1. The molecule has 0 aliphatic carbocycles. The number of aliphatic hydroxyl groups excluding tert-OH is 1. The minimum Gasteiger partial charge on any atom is -0.507 e. The maximum atomic E-state index is 11.8. The smallest absolute Gasteiger partial charge is 0.342 e. The van der Waals surface area contributed by atoms with Crippen molar-refractivity contribution in [2.24, 2.45) is 0 Å². The molecule has 6 heteroatoms. The molecule has 0 atom stereocenters. The number of allylic oxidation sites excluding steroid dienone is 2.